The summed E-state index contributed by atoms with van der Waals surface area (Å²) in [6.07, 6.45) is 3.57. The number of pyridine rings is 2. The van der Waals surface area contributed by atoms with Gasteiger partial charge in [0.15, 0.2) is 17.5 Å². The summed E-state index contributed by atoms with van der Waals surface area (Å²) in [5, 5.41) is 18.5. The van der Waals surface area contributed by atoms with E-state index in [1.54, 1.807) is 58.0 Å². The van der Waals surface area contributed by atoms with Crippen molar-refractivity contribution in [2.45, 2.75) is 51.8 Å². The maximum atomic E-state index is 15.0. The van der Waals surface area contributed by atoms with Gasteiger partial charge in [-0.1, -0.05) is 0 Å². The van der Waals surface area contributed by atoms with Crippen LogP contribution in [0.5, 0.6) is 5.88 Å². The van der Waals surface area contributed by atoms with Crippen molar-refractivity contribution in [2.75, 3.05) is 43.0 Å². The lowest BCUT2D eigenvalue weighted by atomic mass is 10.1. The van der Waals surface area contributed by atoms with Gasteiger partial charge in [0, 0.05) is 37.1 Å². The van der Waals surface area contributed by atoms with E-state index < -0.39 is 23.6 Å². The van der Waals surface area contributed by atoms with E-state index in [0.717, 1.165) is 11.8 Å². The molecule has 202 valence electrons. The van der Waals surface area contributed by atoms with E-state index in [0.29, 0.717) is 31.2 Å². The van der Waals surface area contributed by atoms with Crippen LogP contribution in [0.1, 0.15) is 39.7 Å². The third-order valence-corrected chi connectivity index (χ3v) is 5.58. The molecular weight excluding hydrogens is 499 g/mol. The van der Waals surface area contributed by atoms with Gasteiger partial charge in [-0.05, 0) is 58.3 Å². The molecule has 0 fully saturated rings. The molecule has 2 atom stereocenters. The Morgan fingerprint density at radius 2 is 2.03 bits per heavy atom. The van der Waals surface area contributed by atoms with Gasteiger partial charge in [0.25, 0.3) is 0 Å². The number of methoxy groups -OCH3 is 1. The summed E-state index contributed by atoms with van der Waals surface area (Å²) in [5.74, 6) is 0.566. The number of aromatic nitrogens is 2. The number of halogens is 1. The predicted molar refractivity (Wildman–Crippen MR) is 143 cm³/mol. The van der Waals surface area contributed by atoms with E-state index in [9.17, 15) is 14.4 Å². The highest BCUT2D eigenvalue weighted by Crippen LogP contribution is 2.26. The first-order valence-corrected chi connectivity index (χ1v) is 13.2. The van der Waals surface area contributed by atoms with Crippen molar-refractivity contribution in [3.63, 3.8) is 0 Å². The SMILES string of the molecule is COCCOc1cc(Nc2nc(N[C@H](CCSC)[C@H](C)NC(=O)OC(C)(C)C)c(F)cc2C#N)ccn1. The molecule has 3 N–H and O–H groups in total. The van der Waals surface area contributed by atoms with E-state index in [-0.39, 0.29) is 23.2 Å². The number of alkyl carbamates (subject to hydrolysis) is 1. The number of carbonyl (C=O) groups is 1. The minimum atomic E-state index is -0.681. The van der Waals surface area contributed by atoms with Crippen molar-refractivity contribution >= 4 is 35.2 Å². The zero-order valence-electron chi connectivity index (χ0n) is 22.1. The van der Waals surface area contributed by atoms with Crippen molar-refractivity contribution in [1.29, 1.82) is 5.26 Å². The van der Waals surface area contributed by atoms with Crippen molar-refractivity contribution in [2.24, 2.45) is 0 Å². The van der Waals surface area contributed by atoms with Crippen LogP contribution in [-0.4, -0.2) is 66.1 Å². The van der Waals surface area contributed by atoms with Crippen LogP contribution >= 0.6 is 11.8 Å². The molecular formula is C25H35FN6O4S. The molecule has 0 aliphatic heterocycles. The van der Waals surface area contributed by atoms with Crippen LogP contribution in [-0.2, 0) is 9.47 Å². The highest BCUT2D eigenvalue weighted by atomic mass is 32.2. The lowest BCUT2D eigenvalue weighted by Gasteiger charge is -2.28. The van der Waals surface area contributed by atoms with Crippen LogP contribution in [0.3, 0.4) is 0 Å². The lowest BCUT2D eigenvalue weighted by molar-refractivity contribution is 0.0503. The fourth-order valence-electron chi connectivity index (χ4n) is 3.16. The smallest absolute Gasteiger partial charge is 0.407 e. The molecule has 2 aromatic rings. The third-order valence-electron chi connectivity index (χ3n) is 4.93. The number of nitriles is 1. The van der Waals surface area contributed by atoms with Crippen molar-refractivity contribution in [1.82, 2.24) is 15.3 Å². The molecule has 12 heteroatoms. The first-order chi connectivity index (χ1) is 17.6. The molecule has 10 nitrogen and oxygen atoms in total. The molecule has 0 aliphatic carbocycles. The zero-order chi connectivity index (χ0) is 27.4. The van der Waals surface area contributed by atoms with Crippen molar-refractivity contribution < 1.29 is 23.4 Å². The Hall–Kier alpha value is -3.30. The second-order valence-electron chi connectivity index (χ2n) is 9.14. The van der Waals surface area contributed by atoms with Gasteiger partial charge in [0.2, 0.25) is 5.88 Å². The van der Waals surface area contributed by atoms with Crippen LogP contribution < -0.4 is 20.7 Å². The number of ether oxygens (including phenoxy) is 3. The maximum absolute atomic E-state index is 15.0. The highest BCUT2D eigenvalue weighted by molar-refractivity contribution is 7.98. The number of amides is 1. The van der Waals surface area contributed by atoms with Crippen LogP contribution in [0.15, 0.2) is 24.4 Å². The summed E-state index contributed by atoms with van der Waals surface area (Å²) in [4.78, 5) is 20.8. The fraction of sp³-hybridized carbons (Fsp3) is 0.520. The third kappa shape index (κ3) is 10.3. The van der Waals surface area contributed by atoms with E-state index >= 15 is 0 Å². The topological polar surface area (TPSA) is 130 Å². The molecule has 2 aromatic heterocycles. The number of nitrogens with one attached hydrogen (secondary N) is 3. The Bertz CT molecular complexity index is 1080. The van der Waals surface area contributed by atoms with Gasteiger partial charge in [0.05, 0.1) is 12.2 Å². The lowest BCUT2D eigenvalue weighted by Crippen LogP contribution is -2.47. The van der Waals surface area contributed by atoms with Crippen LogP contribution in [0, 0.1) is 17.1 Å². The molecule has 37 heavy (non-hydrogen) atoms. The van der Waals surface area contributed by atoms with Gasteiger partial charge in [-0.25, -0.2) is 19.2 Å². The molecule has 2 heterocycles. The molecule has 0 saturated heterocycles. The zero-order valence-corrected chi connectivity index (χ0v) is 22.9. The highest BCUT2D eigenvalue weighted by Gasteiger charge is 2.24. The largest absolute Gasteiger partial charge is 0.475 e. The Morgan fingerprint density at radius 3 is 2.68 bits per heavy atom. The quantitative estimate of drug-likeness (QED) is 0.311. The molecule has 0 aromatic carbocycles. The molecule has 0 aliphatic rings. The number of nitrogens with zero attached hydrogens (tertiary/aromatic N) is 3. The Balaban J connectivity index is 2.25. The minimum absolute atomic E-state index is 0.0299. The van der Waals surface area contributed by atoms with Crippen molar-refractivity contribution in [3.8, 4) is 11.9 Å². The molecule has 0 saturated carbocycles. The second-order valence-corrected chi connectivity index (χ2v) is 10.1. The molecule has 0 spiro atoms. The van der Waals surface area contributed by atoms with E-state index in [1.165, 1.54) is 0 Å². The van der Waals surface area contributed by atoms with Gasteiger partial charge >= 0.3 is 6.09 Å². The number of thioether (sulfide) groups is 1. The molecule has 0 radical (unpaired) electrons. The second kappa shape index (κ2) is 14.4. The number of rotatable bonds is 13. The first kappa shape index (κ1) is 29.9. The van der Waals surface area contributed by atoms with Crippen molar-refractivity contribution in [3.05, 3.63) is 35.8 Å². The Morgan fingerprint density at radius 1 is 1.27 bits per heavy atom. The monoisotopic (exact) mass is 534 g/mol. The summed E-state index contributed by atoms with van der Waals surface area (Å²) >= 11 is 1.63. The maximum Gasteiger partial charge on any atom is 0.407 e. The molecule has 1 amide bonds. The molecule has 2 rings (SSSR count). The number of hydrogen-bond acceptors (Lipinski definition) is 10. The predicted octanol–water partition coefficient (Wildman–Crippen LogP) is 4.70. The van der Waals surface area contributed by atoms with E-state index in [4.69, 9.17) is 14.2 Å². The number of anilines is 3. The van der Waals surface area contributed by atoms with Crippen LogP contribution in [0.2, 0.25) is 0 Å². The van der Waals surface area contributed by atoms with Gasteiger partial charge in [-0.3, -0.25) is 0 Å². The number of hydrogen-bond donors (Lipinski definition) is 3. The van der Waals surface area contributed by atoms with Crippen LogP contribution in [0.25, 0.3) is 0 Å². The summed E-state index contributed by atoms with van der Waals surface area (Å²) in [5.41, 5.74) is -0.0557. The van der Waals surface area contributed by atoms with Crippen LogP contribution in [0.4, 0.5) is 26.5 Å². The standard InChI is InChI=1S/C25H35FN6O4S/c1-16(29-24(33)36-25(2,3)4)20(8-12-37-6)31-23-19(26)13-17(15-27)22(32-23)30-18-7-9-28-21(14-18)35-11-10-34-5/h7,9,13-14,16,20H,8,10-12H2,1-6H3,(H,29,33)(H2,28,30,31,32)/t16-,20+/m0/s1. The van der Waals surface area contributed by atoms with Gasteiger partial charge in [0.1, 0.15) is 18.3 Å². The van der Waals surface area contributed by atoms with E-state index in [2.05, 4.69) is 25.9 Å². The summed E-state index contributed by atoms with van der Waals surface area (Å²) < 4.78 is 30.8. The number of carbonyl (C=O) groups excluding carboxylic acids is 1. The molecule has 0 unspecified atom stereocenters. The average molecular weight is 535 g/mol. The Kier molecular flexibility index (Phi) is 11.7. The van der Waals surface area contributed by atoms with Gasteiger partial charge < -0.3 is 30.2 Å². The fourth-order valence-corrected chi connectivity index (χ4v) is 3.65. The summed E-state index contributed by atoms with van der Waals surface area (Å²) in [7, 11) is 1.57. The van der Waals surface area contributed by atoms with Gasteiger partial charge in [-0.2, -0.15) is 17.0 Å². The van der Waals surface area contributed by atoms with Gasteiger partial charge in [-0.15, -0.1) is 0 Å². The minimum Gasteiger partial charge on any atom is -0.475 e. The normalized spacial score (nSPS) is 12.7. The summed E-state index contributed by atoms with van der Waals surface area (Å²) in [6, 6.07) is 5.64. The summed E-state index contributed by atoms with van der Waals surface area (Å²) in [6.45, 7) is 7.89. The Labute approximate surface area is 221 Å². The average Bonchev–Trinajstić information content (AvgIpc) is 2.82. The molecule has 0 bridgehead atoms. The first-order valence-electron chi connectivity index (χ1n) is 11.8. The van der Waals surface area contributed by atoms with E-state index in [1.807, 2.05) is 19.2 Å².